The largest absolute Gasteiger partial charge is 0.457 e. The van der Waals surface area contributed by atoms with Crippen LogP contribution in [0.2, 0.25) is 0 Å². The molecule has 3 aliphatic rings. The van der Waals surface area contributed by atoms with Gasteiger partial charge in [-0.2, -0.15) is 21.4 Å². The molecule has 0 fully saturated rings. The summed E-state index contributed by atoms with van der Waals surface area (Å²) in [5.74, 6) is 0.820. The van der Waals surface area contributed by atoms with Gasteiger partial charge in [-0.15, -0.1) is 0 Å². The van der Waals surface area contributed by atoms with Crippen LogP contribution in [0.4, 0.5) is 11.4 Å². The van der Waals surface area contributed by atoms with E-state index in [-0.39, 0.29) is 27.4 Å². The quantitative estimate of drug-likeness (QED) is 0.0444. The molecule has 3 N–H and O–H groups in total. The van der Waals surface area contributed by atoms with E-state index < -0.39 is 20.2 Å². The number of nitrogens with one attached hydrogen (secondary N) is 1. The number of ether oxygens (including phenoxy) is 3. The number of fused-ring (bicyclic) bond motifs is 2. The van der Waals surface area contributed by atoms with Crippen LogP contribution in [-0.2, 0) is 45.3 Å². The second-order valence-electron chi connectivity index (χ2n) is 18.3. The summed E-state index contributed by atoms with van der Waals surface area (Å²) in [6, 6.07) is 22.5. The van der Waals surface area contributed by atoms with Crippen molar-refractivity contribution < 1.29 is 49.5 Å². The van der Waals surface area contributed by atoms with E-state index in [0.29, 0.717) is 70.3 Å². The third kappa shape index (κ3) is 13.4. The van der Waals surface area contributed by atoms with Gasteiger partial charge in [-0.25, -0.2) is 0 Å². The predicted octanol–water partition coefficient (Wildman–Crippen LogP) is 9.39. The van der Waals surface area contributed by atoms with Crippen molar-refractivity contribution in [2.24, 2.45) is 0 Å². The summed E-state index contributed by atoms with van der Waals surface area (Å²) in [7, 11) is -8.47. The van der Waals surface area contributed by atoms with Crippen LogP contribution in [0.1, 0.15) is 104 Å². The van der Waals surface area contributed by atoms with Gasteiger partial charge in [0.15, 0.2) is 5.71 Å². The summed E-state index contributed by atoms with van der Waals surface area (Å²) in [6.07, 6.45) is 14.8. The van der Waals surface area contributed by atoms with Crippen molar-refractivity contribution in [1.29, 1.82) is 0 Å². The molecule has 13 nitrogen and oxygen atoms in total. The summed E-state index contributed by atoms with van der Waals surface area (Å²) in [4.78, 5) is 14.5. The fraction of sp³-hybridized carbons (Fsp3) is 0.462. The Bertz CT molecular complexity index is 2610. The second kappa shape index (κ2) is 22.9. The molecular weight excluding hydrogens is 891 g/mol. The minimum atomic E-state index is -4.40. The van der Waals surface area contributed by atoms with Gasteiger partial charge in [0.2, 0.25) is 11.6 Å². The van der Waals surface area contributed by atoms with Crippen molar-refractivity contribution >= 4 is 43.2 Å². The van der Waals surface area contributed by atoms with E-state index in [1.54, 1.807) is 12.1 Å². The van der Waals surface area contributed by atoms with Gasteiger partial charge in [0.1, 0.15) is 18.1 Å². The van der Waals surface area contributed by atoms with Crippen molar-refractivity contribution in [2.45, 2.75) is 108 Å². The molecule has 67 heavy (non-hydrogen) atoms. The minimum absolute atomic E-state index is 0.0251. The molecule has 6 rings (SSSR count). The number of anilines is 1. The van der Waals surface area contributed by atoms with Crippen LogP contribution in [0, 0.1) is 0 Å². The van der Waals surface area contributed by atoms with E-state index in [9.17, 15) is 30.7 Å². The number of hydrogen-bond donors (Lipinski definition) is 3. The summed E-state index contributed by atoms with van der Waals surface area (Å²) in [5.41, 5.74) is 8.07. The maximum atomic E-state index is 12.5. The van der Waals surface area contributed by atoms with Crippen LogP contribution in [0.15, 0.2) is 125 Å². The number of para-hydroxylation sites is 2. The third-order valence-corrected chi connectivity index (χ3v) is 14.4. The molecule has 0 unspecified atom stereocenters. The fourth-order valence-corrected chi connectivity index (χ4v) is 10.3. The van der Waals surface area contributed by atoms with Gasteiger partial charge in [0, 0.05) is 67.0 Å². The van der Waals surface area contributed by atoms with Crippen molar-refractivity contribution in [3.8, 4) is 5.75 Å². The molecule has 1 aliphatic carbocycles. The lowest BCUT2D eigenvalue weighted by Crippen LogP contribution is -2.28. The van der Waals surface area contributed by atoms with Gasteiger partial charge in [-0.3, -0.25) is 13.9 Å². The molecule has 0 aromatic heterocycles. The molecule has 0 atom stereocenters. The zero-order valence-corrected chi connectivity index (χ0v) is 41.3. The van der Waals surface area contributed by atoms with Gasteiger partial charge < -0.3 is 24.4 Å². The maximum absolute atomic E-state index is 12.5. The lowest BCUT2D eigenvalue weighted by atomic mass is 9.81. The number of carbonyl (C=O) groups is 1. The van der Waals surface area contributed by atoms with Crippen molar-refractivity contribution in [1.82, 2.24) is 5.32 Å². The first-order valence-corrected chi connectivity index (χ1v) is 26.5. The average molecular weight is 959 g/mol. The van der Waals surface area contributed by atoms with E-state index in [1.165, 1.54) is 17.7 Å². The Morgan fingerprint density at radius 3 is 2.24 bits per heavy atom. The van der Waals surface area contributed by atoms with Crippen LogP contribution in [-0.4, -0.2) is 94.0 Å². The molecule has 0 saturated heterocycles. The molecule has 0 spiro atoms. The molecule has 362 valence electrons. The lowest BCUT2D eigenvalue weighted by molar-refractivity contribution is -0.438. The highest BCUT2D eigenvalue weighted by molar-refractivity contribution is 7.86. The third-order valence-electron chi connectivity index (χ3n) is 12.8. The van der Waals surface area contributed by atoms with Crippen LogP contribution in [0.3, 0.4) is 0 Å². The Morgan fingerprint density at radius 2 is 1.51 bits per heavy atom. The van der Waals surface area contributed by atoms with Gasteiger partial charge in [-0.1, -0.05) is 56.3 Å². The van der Waals surface area contributed by atoms with Crippen molar-refractivity contribution in [3.63, 3.8) is 0 Å². The van der Waals surface area contributed by atoms with Crippen LogP contribution in [0.25, 0.3) is 0 Å². The predicted molar refractivity (Wildman–Crippen MR) is 264 cm³/mol. The highest BCUT2D eigenvalue weighted by atomic mass is 32.2. The van der Waals surface area contributed by atoms with Gasteiger partial charge in [0.25, 0.3) is 20.2 Å². The topological polar surface area (TPSA) is 172 Å². The van der Waals surface area contributed by atoms with Crippen LogP contribution in [0.5, 0.6) is 5.75 Å². The number of unbranched alkanes of at least 4 members (excludes halogenated alkanes) is 3. The number of nitrogens with zero attached hydrogens (tertiary/aromatic N) is 2. The molecule has 2 heterocycles. The maximum Gasteiger partial charge on any atom is 0.294 e. The molecule has 1 amide bonds. The minimum Gasteiger partial charge on any atom is -0.457 e. The number of carbonyl (C=O) groups excluding carboxylic acids is 1. The fourth-order valence-electron chi connectivity index (χ4n) is 9.27. The second-order valence-corrected chi connectivity index (χ2v) is 21.3. The first-order chi connectivity index (χ1) is 31.9. The molecule has 0 bridgehead atoms. The van der Waals surface area contributed by atoms with Gasteiger partial charge in [0.05, 0.1) is 35.9 Å². The zero-order chi connectivity index (χ0) is 48.2. The molecular formula is C52H68N3O10S2+. The van der Waals surface area contributed by atoms with Crippen molar-refractivity contribution in [3.05, 3.63) is 131 Å². The van der Waals surface area contributed by atoms with Crippen molar-refractivity contribution in [2.75, 3.05) is 56.7 Å². The van der Waals surface area contributed by atoms with E-state index >= 15 is 0 Å². The summed E-state index contributed by atoms with van der Waals surface area (Å²) >= 11 is 0. The Morgan fingerprint density at radius 1 is 0.791 bits per heavy atom. The normalized spacial score (nSPS) is 18.0. The lowest BCUT2D eigenvalue weighted by Gasteiger charge is -2.27. The first-order valence-electron chi connectivity index (χ1n) is 23.5. The standard InChI is InChI=1S/C52H67N3O10S2/c1-6-63-36-37-64-35-32-53-49(56)23-8-7-13-33-54-45-21-11-9-19-43(45)51(2,3)47(54)30-24-39-17-16-18-40(50(39)65-41-26-28-42(29-27-41)67(60,61)62)25-31-48-52(4,5)44-20-10-12-22-46(44)55(48)34-14-15-38-66(57,58)59/h9-12,19-22,24-31H,6-8,13-18,23,32-38H2,1-5H3,(H2-,53,56,57,58,59,60,61,62)/p+1. The highest BCUT2D eigenvalue weighted by Gasteiger charge is 2.44. The molecule has 3 aromatic rings. The molecule has 0 radical (unpaired) electrons. The summed E-state index contributed by atoms with van der Waals surface area (Å²) < 4.78 is 85.9. The smallest absolute Gasteiger partial charge is 0.294 e. The van der Waals surface area contributed by atoms with E-state index in [2.05, 4.69) is 103 Å². The Kier molecular flexibility index (Phi) is 17.6. The van der Waals surface area contributed by atoms with Gasteiger partial charge >= 0.3 is 0 Å². The molecule has 15 heteroatoms. The summed E-state index contributed by atoms with van der Waals surface area (Å²) in [6.45, 7) is 14.8. The number of rotatable bonds is 24. The monoisotopic (exact) mass is 958 g/mol. The van der Waals surface area contributed by atoms with Crippen LogP contribution >= 0.6 is 0 Å². The molecule has 0 saturated carbocycles. The highest BCUT2D eigenvalue weighted by Crippen LogP contribution is 2.48. The molecule has 2 aliphatic heterocycles. The Labute approximate surface area is 397 Å². The van der Waals surface area contributed by atoms with Crippen LogP contribution < -0.4 is 15.0 Å². The Balaban J connectivity index is 1.29. The number of hydrogen-bond acceptors (Lipinski definition) is 9. The SMILES string of the molecule is CCOCCOCCNC(=O)CCCCC[N+]1=C(/C=C/C2=C(Oc3ccc(S(=O)(=O)O)cc3)C(=C/C=C3/N(CCCCS(=O)(=O)O)c4ccccc4C3(C)C)/CCC2)C(C)(C)c2ccccc21. The number of allylic oxidation sites excluding steroid dienone is 7. The summed E-state index contributed by atoms with van der Waals surface area (Å²) in [5, 5.41) is 2.95. The molecule has 3 aromatic carbocycles. The van der Waals surface area contributed by atoms with E-state index in [0.717, 1.165) is 84.6 Å². The Hall–Kier alpha value is -4.90. The zero-order valence-electron chi connectivity index (χ0n) is 39.6. The van der Waals surface area contributed by atoms with Gasteiger partial charge in [-0.05, 0) is 125 Å². The van der Waals surface area contributed by atoms with E-state index in [1.807, 2.05) is 19.1 Å². The average Bonchev–Trinajstić information content (AvgIpc) is 3.63. The first kappa shape index (κ1) is 51.5. The number of benzene rings is 3. The number of amides is 1. The van der Waals surface area contributed by atoms with E-state index in [4.69, 9.17) is 14.2 Å².